The highest BCUT2D eigenvalue weighted by atomic mass is 35.5. The number of nitrogens with zero attached hydrogens (tertiary/aromatic N) is 3. The minimum Gasteiger partial charge on any atom is -0.497 e. The van der Waals surface area contributed by atoms with Crippen LogP contribution in [-0.2, 0) is 0 Å². The van der Waals surface area contributed by atoms with Crippen molar-refractivity contribution in [2.75, 3.05) is 14.2 Å². The second-order valence-corrected chi connectivity index (χ2v) is 6.29. The number of halogens is 2. The molecule has 0 saturated carbocycles. The molecule has 0 aliphatic carbocycles. The quantitative estimate of drug-likeness (QED) is 0.359. The maximum absolute atomic E-state index is 6.16. The zero-order valence-electron chi connectivity index (χ0n) is 14.0. The van der Waals surface area contributed by atoms with Crippen LogP contribution in [0.15, 0.2) is 42.5 Å². The summed E-state index contributed by atoms with van der Waals surface area (Å²) < 4.78 is 11.0. The maximum Gasteiger partial charge on any atom is 0.224 e. The van der Waals surface area contributed by atoms with E-state index >= 15 is 0 Å². The first-order valence-electron chi connectivity index (χ1n) is 7.75. The first-order valence-corrected chi connectivity index (χ1v) is 8.51. The topological polar surface area (TPSA) is 57.1 Å². The number of hydrogen-bond acceptors (Lipinski definition) is 5. The van der Waals surface area contributed by atoms with Gasteiger partial charge in [0.2, 0.25) is 11.2 Å². The number of ether oxygens (including phenoxy) is 2. The molecule has 7 heteroatoms. The molecular weight excluding hydrogens is 373 g/mol. The molecule has 0 atom stereocenters. The minimum absolute atomic E-state index is 0.0657. The van der Waals surface area contributed by atoms with Crippen LogP contribution >= 0.6 is 23.2 Å². The lowest BCUT2D eigenvalue weighted by molar-refractivity contribution is 0.401. The van der Waals surface area contributed by atoms with Crippen molar-refractivity contribution in [3.63, 3.8) is 0 Å². The summed E-state index contributed by atoms with van der Waals surface area (Å²) in [7, 11) is 3.20. The molecule has 0 aliphatic rings. The van der Waals surface area contributed by atoms with E-state index in [-0.39, 0.29) is 10.4 Å². The van der Waals surface area contributed by atoms with Crippen LogP contribution in [0.25, 0.3) is 32.9 Å². The van der Waals surface area contributed by atoms with Crippen molar-refractivity contribution in [1.29, 1.82) is 0 Å². The highest BCUT2D eigenvalue weighted by Gasteiger charge is 2.17. The van der Waals surface area contributed by atoms with Crippen LogP contribution in [0.3, 0.4) is 0 Å². The van der Waals surface area contributed by atoms with E-state index in [2.05, 4.69) is 15.0 Å². The molecule has 0 amide bonds. The van der Waals surface area contributed by atoms with Crippen LogP contribution in [0.2, 0.25) is 10.4 Å². The van der Waals surface area contributed by atoms with Gasteiger partial charge in [0.25, 0.3) is 0 Å². The average Bonchev–Trinajstić information content (AvgIpc) is 2.66. The number of aromatic nitrogens is 3. The third kappa shape index (κ3) is 2.79. The van der Waals surface area contributed by atoms with Crippen LogP contribution in [0.1, 0.15) is 0 Å². The smallest absolute Gasteiger partial charge is 0.224 e. The number of methoxy groups -OCH3 is 2. The molecule has 4 aromatic rings. The van der Waals surface area contributed by atoms with Gasteiger partial charge < -0.3 is 9.47 Å². The van der Waals surface area contributed by atoms with Crippen molar-refractivity contribution >= 4 is 45.0 Å². The monoisotopic (exact) mass is 385 g/mol. The fourth-order valence-corrected chi connectivity index (χ4v) is 3.39. The van der Waals surface area contributed by atoms with E-state index in [1.807, 2.05) is 42.5 Å². The number of fused-ring (bicyclic) bond motifs is 2. The van der Waals surface area contributed by atoms with Gasteiger partial charge in [-0.15, -0.1) is 0 Å². The lowest BCUT2D eigenvalue weighted by Gasteiger charge is -2.13. The van der Waals surface area contributed by atoms with Gasteiger partial charge in [0.05, 0.1) is 19.7 Å². The van der Waals surface area contributed by atoms with Gasteiger partial charge in [-0.3, -0.25) is 0 Å². The molecule has 0 radical (unpaired) electrons. The van der Waals surface area contributed by atoms with Crippen molar-refractivity contribution in [2.24, 2.45) is 0 Å². The maximum atomic E-state index is 6.16. The third-order valence-electron chi connectivity index (χ3n) is 4.12. The van der Waals surface area contributed by atoms with Crippen LogP contribution in [-0.4, -0.2) is 29.2 Å². The van der Waals surface area contributed by atoms with Crippen molar-refractivity contribution < 1.29 is 9.47 Å². The number of benzene rings is 2. The van der Waals surface area contributed by atoms with Crippen LogP contribution < -0.4 is 9.47 Å². The fourth-order valence-electron chi connectivity index (χ4n) is 2.95. The highest BCUT2D eigenvalue weighted by Crippen LogP contribution is 2.39. The molecule has 0 saturated heterocycles. The van der Waals surface area contributed by atoms with Gasteiger partial charge in [0.1, 0.15) is 11.3 Å². The predicted octanol–water partition coefficient (Wildman–Crippen LogP) is 5.17. The molecule has 0 bridgehead atoms. The Hall–Kier alpha value is -2.63. The van der Waals surface area contributed by atoms with Gasteiger partial charge in [-0.25, -0.2) is 15.0 Å². The van der Waals surface area contributed by atoms with Crippen molar-refractivity contribution in [3.05, 3.63) is 52.9 Å². The zero-order chi connectivity index (χ0) is 18.3. The summed E-state index contributed by atoms with van der Waals surface area (Å²) in [6.45, 7) is 0. The Labute approximate surface area is 159 Å². The molecule has 2 aromatic carbocycles. The summed E-state index contributed by atoms with van der Waals surface area (Å²) in [5, 5.41) is 2.33. The molecule has 0 aliphatic heterocycles. The summed E-state index contributed by atoms with van der Waals surface area (Å²) in [4.78, 5) is 12.7. The molecule has 0 unspecified atom stereocenters. The number of hydrogen-bond donors (Lipinski definition) is 0. The molecule has 2 aromatic heterocycles. The minimum atomic E-state index is 0.0657. The van der Waals surface area contributed by atoms with E-state index in [0.29, 0.717) is 16.9 Å². The van der Waals surface area contributed by atoms with Crippen LogP contribution in [0.4, 0.5) is 0 Å². The standard InChI is InChI=1S/C19H13Cl2N3O2/c1-25-11-7-10-5-3-4-6-12(10)13(8-11)14-9-15-16(23-18(14)26-2)17(20)24-19(21)22-15/h3-9H,1-2H3. The Kier molecular flexibility index (Phi) is 4.26. The predicted molar refractivity (Wildman–Crippen MR) is 103 cm³/mol. The fraction of sp³-hybridized carbons (Fsp3) is 0.105. The van der Waals surface area contributed by atoms with Crippen molar-refractivity contribution in [2.45, 2.75) is 0 Å². The summed E-state index contributed by atoms with van der Waals surface area (Å²) >= 11 is 12.1. The van der Waals surface area contributed by atoms with Gasteiger partial charge in [-0.05, 0) is 46.1 Å². The third-order valence-corrected chi connectivity index (χ3v) is 4.55. The Morgan fingerprint density at radius 1 is 0.846 bits per heavy atom. The Morgan fingerprint density at radius 3 is 2.42 bits per heavy atom. The first kappa shape index (κ1) is 16.8. The van der Waals surface area contributed by atoms with E-state index in [1.165, 1.54) is 0 Å². The summed E-state index contributed by atoms with van der Waals surface area (Å²) in [6.07, 6.45) is 0. The molecular formula is C19H13Cl2N3O2. The van der Waals surface area contributed by atoms with Crippen molar-refractivity contribution in [1.82, 2.24) is 15.0 Å². The second kappa shape index (κ2) is 6.59. The van der Waals surface area contributed by atoms with Gasteiger partial charge >= 0.3 is 0 Å². The highest BCUT2D eigenvalue weighted by molar-refractivity contribution is 6.35. The second-order valence-electron chi connectivity index (χ2n) is 5.59. The van der Waals surface area contributed by atoms with Gasteiger partial charge in [0.15, 0.2) is 5.15 Å². The Bertz CT molecular complexity index is 1150. The van der Waals surface area contributed by atoms with Crippen LogP contribution in [0, 0.1) is 0 Å². The van der Waals surface area contributed by atoms with Gasteiger partial charge in [-0.1, -0.05) is 35.9 Å². The van der Waals surface area contributed by atoms with Crippen LogP contribution in [0.5, 0.6) is 11.6 Å². The van der Waals surface area contributed by atoms with E-state index in [4.69, 9.17) is 32.7 Å². The average molecular weight is 386 g/mol. The molecule has 26 heavy (non-hydrogen) atoms. The molecule has 0 N–H and O–H groups in total. The molecule has 5 nitrogen and oxygen atoms in total. The van der Waals surface area contributed by atoms with Gasteiger partial charge in [-0.2, -0.15) is 0 Å². The molecule has 4 rings (SSSR count). The SMILES string of the molecule is COc1cc(-c2cc3nc(Cl)nc(Cl)c3nc2OC)c2ccccc2c1. The van der Waals surface area contributed by atoms with Gasteiger partial charge in [0, 0.05) is 5.56 Å². The number of pyridine rings is 1. The normalized spacial score (nSPS) is 11.1. The zero-order valence-corrected chi connectivity index (χ0v) is 15.5. The lowest BCUT2D eigenvalue weighted by atomic mass is 9.98. The summed E-state index contributed by atoms with van der Waals surface area (Å²) in [5.74, 6) is 1.16. The summed E-state index contributed by atoms with van der Waals surface area (Å²) in [6, 6.07) is 13.8. The van der Waals surface area contributed by atoms with E-state index < -0.39 is 0 Å². The largest absolute Gasteiger partial charge is 0.497 e. The number of rotatable bonds is 3. The molecule has 130 valence electrons. The molecule has 0 spiro atoms. The Morgan fingerprint density at radius 2 is 1.65 bits per heavy atom. The van der Waals surface area contributed by atoms with Crippen molar-refractivity contribution in [3.8, 4) is 22.8 Å². The Balaban J connectivity index is 2.09. The summed E-state index contributed by atoms with van der Waals surface area (Å²) in [5.41, 5.74) is 2.65. The molecule has 2 heterocycles. The van der Waals surface area contributed by atoms with E-state index in [0.717, 1.165) is 27.6 Å². The molecule has 0 fully saturated rings. The first-order chi connectivity index (χ1) is 12.6. The van der Waals surface area contributed by atoms with E-state index in [9.17, 15) is 0 Å². The van der Waals surface area contributed by atoms with E-state index in [1.54, 1.807) is 14.2 Å². The lowest BCUT2D eigenvalue weighted by Crippen LogP contribution is -1.97.